The van der Waals surface area contributed by atoms with Crippen LogP contribution in [-0.2, 0) is 11.2 Å². The average Bonchev–Trinajstić information content (AvgIpc) is 2.73. The van der Waals surface area contributed by atoms with E-state index in [1.165, 1.54) is 5.56 Å². The van der Waals surface area contributed by atoms with Gasteiger partial charge in [-0.15, -0.1) is 0 Å². The Morgan fingerprint density at radius 3 is 3.24 bits per heavy atom. The molecule has 0 fully saturated rings. The summed E-state index contributed by atoms with van der Waals surface area (Å²) in [6.45, 7) is 0.824. The third kappa shape index (κ3) is 1.78. The first-order chi connectivity index (χ1) is 8.24. The Morgan fingerprint density at radius 1 is 1.53 bits per heavy atom. The largest absolute Gasteiger partial charge is 0.481 e. The van der Waals surface area contributed by atoms with Crippen LogP contribution in [-0.4, -0.2) is 27.6 Å². The number of aromatic amines is 1. The van der Waals surface area contributed by atoms with E-state index in [1.54, 1.807) is 6.33 Å². The monoisotopic (exact) mass is 231 g/mol. The Morgan fingerprint density at radius 2 is 2.41 bits per heavy atom. The maximum Gasteiger partial charge on any atom is 0.305 e. The fourth-order valence-electron chi connectivity index (χ4n) is 2.43. The molecule has 0 aliphatic carbocycles. The lowest BCUT2D eigenvalue weighted by Crippen LogP contribution is -2.31. The Labute approximate surface area is 97.9 Å². The third-order valence-electron chi connectivity index (χ3n) is 3.22. The molecule has 88 valence electrons. The highest BCUT2D eigenvalue weighted by atomic mass is 16.4. The fraction of sp³-hybridized carbons (Fsp3) is 0.333. The smallest absolute Gasteiger partial charge is 0.305 e. The maximum absolute atomic E-state index is 10.8. The van der Waals surface area contributed by atoms with Crippen LogP contribution < -0.4 is 5.32 Å². The number of hydrogen-bond acceptors (Lipinski definition) is 3. The van der Waals surface area contributed by atoms with Gasteiger partial charge in [-0.25, -0.2) is 4.98 Å². The summed E-state index contributed by atoms with van der Waals surface area (Å²) in [4.78, 5) is 18.1. The van der Waals surface area contributed by atoms with Crippen LogP contribution in [0.4, 0.5) is 0 Å². The van der Waals surface area contributed by atoms with E-state index >= 15 is 0 Å². The summed E-state index contributed by atoms with van der Waals surface area (Å²) in [5.41, 5.74) is 4.19. The summed E-state index contributed by atoms with van der Waals surface area (Å²) >= 11 is 0. The first-order valence-electron chi connectivity index (χ1n) is 5.65. The van der Waals surface area contributed by atoms with Crippen LogP contribution >= 0.6 is 0 Å². The van der Waals surface area contributed by atoms with E-state index in [-0.39, 0.29) is 12.5 Å². The fourth-order valence-corrected chi connectivity index (χ4v) is 2.43. The van der Waals surface area contributed by atoms with Crippen molar-refractivity contribution in [3.8, 4) is 0 Å². The van der Waals surface area contributed by atoms with E-state index in [4.69, 9.17) is 5.11 Å². The molecule has 0 spiro atoms. The molecule has 1 aliphatic rings. The van der Waals surface area contributed by atoms with Gasteiger partial charge in [0.15, 0.2) is 0 Å². The van der Waals surface area contributed by atoms with Crippen LogP contribution in [0.1, 0.15) is 23.6 Å². The van der Waals surface area contributed by atoms with Crippen molar-refractivity contribution < 1.29 is 9.90 Å². The van der Waals surface area contributed by atoms with Crippen molar-refractivity contribution >= 4 is 17.0 Å². The number of H-pyrrole nitrogens is 1. The number of imidazole rings is 1. The number of rotatable bonds is 2. The van der Waals surface area contributed by atoms with Crippen LogP contribution in [0.15, 0.2) is 18.5 Å². The molecular weight excluding hydrogens is 218 g/mol. The number of carboxylic acids is 1. The molecule has 3 rings (SSSR count). The molecule has 1 atom stereocenters. The predicted octanol–water partition coefficient (Wildman–Crippen LogP) is 1.22. The summed E-state index contributed by atoms with van der Waals surface area (Å²) in [5, 5.41) is 12.1. The number of carbonyl (C=O) groups is 1. The van der Waals surface area contributed by atoms with Gasteiger partial charge in [0.1, 0.15) is 0 Å². The van der Waals surface area contributed by atoms with Gasteiger partial charge in [-0.2, -0.15) is 0 Å². The van der Waals surface area contributed by atoms with Gasteiger partial charge < -0.3 is 15.4 Å². The molecule has 0 radical (unpaired) electrons. The Hall–Kier alpha value is -1.88. The van der Waals surface area contributed by atoms with E-state index in [9.17, 15) is 4.79 Å². The lowest BCUT2D eigenvalue weighted by molar-refractivity contribution is -0.137. The number of aliphatic carboxylic acids is 1. The normalized spacial score (nSPS) is 19.2. The van der Waals surface area contributed by atoms with Crippen molar-refractivity contribution in [1.82, 2.24) is 15.3 Å². The molecule has 5 heteroatoms. The number of aromatic nitrogens is 2. The average molecular weight is 231 g/mol. The number of carboxylic acid groups (broad SMARTS) is 1. The molecule has 1 aromatic heterocycles. The van der Waals surface area contributed by atoms with E-state index in [2.05, 4.69) is 21.4 Å². The highest BCUT2D eigenvalue weighted by molar-refractivity contribution is 5.77. The molecule has 1 aromatic carbocycles. The van der Waals surface area contributed by atoms with Crippen LogP contribution in [0, 0.1) is 0 Å². The maximum atomic E-state index is 10.8. The Balaban J connectivity index is 2.08. The summed E-state index contributed by atoms with van der Waals surface area (Å²) in [7, 11) is 0. The van der Waals surface area contributed by atoms with Gasteiger partial charge in [-0.05, 0) is 36.2 Å². The minimum atomic E-state index is -0.780. The lowest BCUT2D eigenvalue weighted by Gasteiger charge is -2.25. The van der Waals surface area contributed by atoms with Gasteiger partial charge in [0.05, 0.1) is 23.8 Å². The van der Waals surface area contributed by atoms with Crippen LogP contribution in [0.2, 0.25) is 0 Å². The van der Waals surface area contributed by atoms with E-state index in [0.29, 0.717) is 0 Å². The van der Waals surface area contributed by atoms with Crippen molar-refractivity contribution in [1.29, 1.82) is 0 Å². The van der Waals surface area contributed by atoms with Crippen molar-refractivity contribution in [2.45, 2.75) is 18.9 Å². The van der Waals surface area contributed by atoms with Gasteiger partial charge in [-0.1, -0.05) is 0 Å². The molecule has 5 nitrogen and oxygen atoms in total. The lowest BCUT2D eigenvalue weighted by atomic mass is 9.92. The highest BCUT2D eigenvalue weighted by Gasteiger charge is 2.22. The second-order valence-corrected chi connectivity index (χ2v) is 4.33. The van der Waals surface area contributed by atoms with Gasteiger partial charge in [0, 0.05) is 6.04 Å². The van der Waals surface area contributed by atoms with Crippen LogP contribution in [0.3, 0.4) is 0 Å². The van der Waals surface area contributed by atoms with Crippen molar-refractivity contribution in [2.75, 3.05) is 6.54 Å². The van der Waals surface area contributed by atoms with Crippen molar-refractivity contribution in [2.24, 2.45) is 0 Å². The molecule has 1 aliphatic heterocycles. The molecule has 0 amide bonds. The zero-order valence-electron chi connectivity index (χ0n) is 9.23. The highest BCUT2D eigenvalue weighted by Crippen LogP contribution is 2.28. The van der Waals surface area contributed by atoms with Crippen molar-refractivity contribution in [3.63, 3.8) is 0 Å². The number of benzene rings is 1. The van der Waals surface area contributed by atoms with Crippen LogP contribution in [0.25, 0.3) is 11.0 Å². The molecule has 0 bridgehead atoms. The van der Waals surface area contributed by atoms with Gasteiger partial charge in [0.2, 0.25) is 0 Å². The first kappa shape index (κ1) is 10.3. The first-order valence-corrected chi connectivity index (χ1v) is 5.65. The Kier molecular flexibility index (Phi) is 2.33. The summed E-state index contributed by atoms with van der Waals surface area (Å²) < 4.78 is 0. The quantitative estimate of drug-likeness (QED) is 0.726. The minimum absolute atomic E-state index is 0.0997. The molecule has 2 heterocycles. The Bertz CT molecular complexity index is 576. The standard InChI is InChI=1S/C12H13N3O2/c16-12(17)5-9-8-4-11-10(14-6-15-11)3-7(8)1-2-13-9/h3-4,6,9,13H,1-2,5H2,(H,14,15)(H,16,17). The summed E-state index contributed by atoms with van der Waals surface area (Å²) in [5.74, 6) is -0.780. The topological polar surface area (TPSA) is 78.0 Å². The van der Waals surface area contributed by atoms with Crippen LogP contribution in [0.5, 0.6) is 0 Å². The van der Waals surface area contributed by atoms with Gasteiger partial charge in [-0.3, -0.25) is 4.79 Å². The molecule has 17 heavy (non-hydrogen) atoms. The van der Waals surface area contributed by atoms with Crippen molar-refractivity contribution in [3.05, 3.63) is 29.6 Å². The van der Waals surface area contributed by atoms with E-state index in [0.717, 1.165) is 29.6 Å². The second kappa shape index (κ2) is 3.85. The van der Waals surface area contributed by atoms with Gasteiger partial charge >= 0.3 is 5.97 Å². The second-order valence-electron chi connectivity index (χ2n) is 4.33. The number of fused-ring (bicyclic) bond motifs is 2. The van der Waals surface area contributed by atoms with E-state index in [1.807, 2.05) is 6.07 Å². The zero-order valence-corrected chi connectivity index (χ0v) is 9.23. The summed E-state index contributed by atoms with van der Waals surface area (Å²) in [6, 6.07) is 3.96. The minimum Gasteiger partial charge on any atom is -0.481 e. The predicted molar refractivity (Wildman–Crippen MR) is 62.8 cm³/mol. The SMILES string of the molecule is O=C(O)CC1NCCc2cc3[nH]cnc3cc21. The molecule has 0 saturated heterocycles. The number of nitrogens with zero attached hydrogens (tertiary/aromatic N) is 1. The number of nitrogens with one attached hydrogen (secondary N) is 2. The van der Waals surface area contributed by atoms with Gasteiger partial charge in [0.25, 0.3) is 0 Å². The zero-order chi connectivity index (χ0) is 11.8. The molecule has 0 saturated carbocycles. The summed E-state index contributed by atoms with van der Waals surface area (Å²) in [6.07, 6.45) is 2.71. The molecule has 1 unspecified atom stereocenters. The van der Waals surface area contributed by atoms with E-state index < -0.39 is 5.97 Å². The third-order valence-corrected chi connectivity index (χ3v) is 3.22. The molecular formula is C12H13N3O2. The molecule has 2 aromatic rings. The molecule has 3 N–H and O–H groups in total. The number of hydrogen-bond donors (Lipinski definition) is 3.